The molecular formula is C15H23FN2. The summed E-state index contributed by atoms with van der Waals surface area (Å²) in [5, 5.41) is 0. The van der Waals surface area contributed by atoms with Crippen molar-refractivity contribution >= 4 is 0 Å². The van der Waals surface area contributed by atoms with Crippen molar-refractivity contribution < 1.29 is 4.39 Å². The first kappa shape index (κ1) is 13.5. The van der Waals surface area contributed by atoms with Crippen molar-refractivity contribution in [3.05, 3.63) is 35.6 Å². The molecule has 1 fully saturated rings. The first-order valence-corrected chi connectivity index (χ1v) is 6.84. The topological polar surface area (TPSA) is 29.3 Å². The zero-order valence-corrected chi connectivity index (χ0v) is 11.3. The van der Waals surface area contributed by atoms with E-state index >= 15 is 0 Å². The maximum Gasteiger partial charge on any atom is 0.123 e. The van der Waals surface area contributed by atoms with Crippen LogP contribution in [0, 0.1) is 11.7 Å². The van der Waals surface area contributed by atoms with Gasteiger partial charge in [0, 0.05) is 18.6 Å². The van der Waals surface area contributed by atoms with Crippen LogP contribution < -0.4 is 5.73 Å². The molecule has 3 unspecified atom stereocenters. The van der Waals surface area contributed by atoms with Crippen molar-refractivity contribution in [2.45, 2.75) is 38.8 Å². The minimum Gasteiger partial charge on any atom is -0.329 e. The first-order chi connectivity index (χ1) is 8.63. The average molecular weight is 250 g/mol. The van der Waals surface area contributed by atoms with Crippen molar-refractivity contribution in [3.63, 3.8) is 0 Å². The molecule has 0 radical (unpaired) electrons. The molecule has 0 aliphatic carbocycles. The highest BCUT2D eigenvalue weighted by Crippen LogP contribution is 2.31. The van der Waals surface area contributed by atoms with E-state index in [1.807, 2.05) is 6.07 Å². The summed E-state index contributed by atoms with van der Waals surface area (Å²) in [5.74, 6) is 0.505. The summed E-state index contributed by atoms with van der Waals surface area (Å²) in [6.45, 7) is 6.15. The van der Waals surface area contributed by atoms with E-state index in [9.17, 15) is 4.39 Å². The molecule has 18 heavy (non-hydrogen) atoms. The molecule has 1 aromatic carbocycles. The number of hydrogen-bond acceptors (Lipinski definition) is 2. The highest BCUT2D eigenvalue weighted by molar-refractivity contribution is 5.21. The zero-order chi connectivity index (χ0) is 13.1. The van der Waals surface area contributed by atoms with Gasteiger partial charge in [-0.25, -0.2) is 4.39 Å². The number of hydrogen-bond donors (Lipinski definition) is 1. The van der Waals surface area contributed by atoms with Crippen LogP contribution in [0.2, 0.25) is 0 Å². The van der Waals surface area contributed by atoms with Gasteiger partial charge in [-0.05, 0) is 49.9 Å². The van der Waals surface area contributed by atoms with Crippen LogP contribution in [0.15, 0.2) is 24.3 Å². The fraction of sp³-hybridized carbons (Fsp3) is 0.600. The molecule has 1 aliphatic heterocycles. The van der Waals surface area contributed by atoms with Crippen molar-refractivity contribution in [1.29, 1.82) is 0 Å². The Morgan fingerprint density at radius 3 is 2.89 bits per heavy atom. The largest absolute Gasteiger partial charge is 0.329 e. The number of likely N-dealkylation sites (tertiary alicyclic amines) is 1. The lowest BCUT2D eigenvalue weighted by atomic mass is 9.89. The highest BCUT2D eigenvalue weighted by atomic mass is 19.1. The fourth-order valence-electron chi connectivity index (χ4n) is 2.98. The molecule has 0 bridgehead atoms. The van der Waals surface area contributed by atoms with E-state index < -0.39 is 0 Å². The summed E-state index contributed by atoms with van der Waals surface area (Å²) in [7, 11) is 0. The minimum absolute atomic E-state index is 0.137. The molecular weight excluding hydrogens is 227 g/mol. The molecule has 3 heteroatoms. The smallest absolute Gasteiger partial charge is 0.123 e. The van der Waals surface area contributed by atoms with E-state index in [-0.39, 0.29) is 11.9 Å². The van der Waals surface area contributed by atoms with E-state index in [0.29, 0.717) is 18.5 Å². The Balaban J connectivity index is 2.22. The molecule has 0 aromatic heterocycles. The van der Waals surface area contributed by atoms with Gasteiger partial charge in [-0.2, -0.15) is 0 Å². The van der Waals surface area contributed by atoms with Crippen LogP contribution in [0.5, 0.6) is 0 Å². The minimum atomic E-state index is -0.177. The molecule has 1 heterocycles. The van der Waals surface area contributed by atoms with Crippen LogP contribution in [0.25, 0.3) is 0 Å². The lowest BCUT2D eigenvalue weighted by Crippen LogP contribution is -2.46. The summed E-state index contributed by atoms with van der Waals surface area (Å²) in [6.07, 6.45) is 2.48. The molecule has 0 amide bonds. The number of halogens is 1. The zero-order valence-electron chi connectivity index (χ0n) is 11.3. The highest BCUT2D eigenvalue weighted by Gasteiger charge is 2.30. The third kappa shape index (κ3) is 2.73. The van der Waals surface area contributed by atoms with Crippen molar-refractivity contribution in [2.24, 2.45) is 11.7 Å². The summed E-state index contributed by atoms with van der Waals surface area (Å²) in [6, 6.07) is 7.50. The standard InChI is InChI=1S/C15H23FN2/c1-11-5-4-8-18(12(11)2)15(10-17)13-6-3-7-14(16)9-13/h3,6-7,9,11-12,15H,4-5,8,10,17H2,1-2H3. The van der Waals surface area contributed by atoms with Gasteiger partial charge in [-0.1, -0.05) is 19.1 Å². The van der Waals surface area contributed by atoms with Crippen molar-refractivity contribution in [3.8, 4) is 0 Å². The predicted octanol–water partition coefficient (Wildman–Crippen LogP) is 2.95. The number of piperidine rings is 1. The van der Waals surface area contributed by atoms with Crippen molar-refractivity contribution in [1.82, 2.24) is 4.90 Å². The lowest BCUT2D eigenvalue weighted by Gasteiger charge is -2.42. The van der Waals surface area contributed by atoms with Gasteiger partial charge in [0.15, 0.2) is 0 Å². The van der Waals surface area contributed by atoms with E-state index in [4.69, 9.17) is 5.73 Å². The second kappa shape index (κ2) is 5.81. The van der Waals surface area contributed by atoms with E-state index in [2.05, 4.69) is 18.7 Å². The summed E-state index contributed by atoms with van der Waals surface area (Å²) < 4.78 is 13.3. The van der Waals surface area contributed by atoms with Gasteiger partial charge < -0.3 is 5.73 Å². The van der Waals surface area contributed by atoms with Crippen LogP contribution in [0.4, 0.5) is 4.39 Å². The van der Waals surface area contributed by atoms with Gasteiger partial charge in [-0.3, -0.25) is 4.90 Å². The first-order valence-electron chi connectivity index (χ1n) is 6.84. The van der Waals surface area contributed by atoms with Crippen LogP contribution in [0.3, 0.4) is 0 Å². The van der Waals surface area contributed by atoms with Gasteiger partial charge in [0.1, 0.15) is 5.82 Å². The summed E-state index contributed by atoms with van der Waals surface area (Å²) in [5.41, 5.74) is 6.93. The number of nitrogens with zero attached hydrogens (tertiary/aromatic N) is 1. The Morgan fingerprint density at radius 1 is 1.44 bits per heavy atom. The monoisotopic (exact) mass is 250 g/mol. The van der Waals surface area contributed by atoms with Crippen molar-refractivity contribution in [2.75, 3.05) is 13.1 Å². The second-order valence-electron chi connectivity index (χ2n) is 5.40. The Bertz CT molecular complexity index is 394. The average Bonchev–Trinajstić information content (AvgIpc) is 2.35. The van der Waals surface area contributed by atoms with E-state index in [0.717, 1.165) is 12.1 Å². The fourth-order valence-corrected chi connectivity index (χ4v) is 2.98. The van der Waals surface area contributed by atoms with Gasteiger partial charge in [-0.15, -0.1) is 0 Å². The Kier molecular flexibility index (Phi) is 4.36. The number of benzene rings is 1. The molecule has 0 spiro atoms. The number of rotatable bonds is 3. The van der Waals surface area contributed by atoms with Gasteiger partial charge in [0.05, 0.1) is 0 Å². The SMILES string of the molecule is CC1CCCN(C(CN)c2cccc(F)c2)C1C. The summed E-state index contributed by atoms with van der Waals surface area (Å²) >= 11 is 0. The Morgan fingerprint density at radius 2 is 2.22 bits per heavy atom. The molecule has 2 nitrogen and oxygen atoms in total. The molecule has 0 saturated carbocycles. The Labute approximate surface area is 109 Å². The quantitative estimate of drug-likeness (QED) is 0.893. The molecule has 100 valence electrons. The molecule has 1 aromatic rings. The molecule has 3 atom stereocenters. The van der Waals surface area contributed by atoms with Gasteiger partial charge >= 0.3 is 0 Å². The molecule has 2 rings (SSSR count). The predicted molar refractivity (Wildman–Crippen MR) is 72.8 cm³/mol. The van der Waals surface area contributed by atoms with E-state index in [1.165, 1.54) is 18.9 Å². The third-order valence-electron chi connectivity index (χ3n) is 4.28. The molecule has 1 saturated heterocycles. The van der Waals surface area contributed by atoms with Gasteiger partial charge in [0.2, 0.25) is 0 Å². The second-order valence-corrected chi connectivity index (χ2v) is 5.40. The lowest BCUT2D eigenvalue weighted by molar-refractivity contribution is 0.0708. The summed E-state index contributed by atoms with van der Waals surface area (Å²) in [4.78, 5) is 2.43. The van der Waals surface area contributed by atoms with Crippen LogP contribution in [-0.2, 0) is 0 Å². The third-order valence-corrected chi connectivity index (χ3v) is 4.28. The normalized spacial score (nSPS) is 27.1. The number of nitrogens with two attached hydrogens (primary N) is 1. The maximum atomic E-state index is 13.3. The molecule has 2 N–H and O–H groups in total. The Hall–Kier alpha value is -0.930. The molecule has 1 aliphatic rings. The van der Waals surface area contributed by atoms with Crippen LogP contribution in [-0.4, -0.2) is 24.0 Å². The van der Waals surface area contributed by atoms with Crippen LogP contribution >= 0.6 is 0 Å². The van der Waals surface area contributed by atoms with Gasteiger partial charge in [0.25, 0.3) is 0 Å². The van der Waals surface area contributed by atoms with Crippen LogP contribution in [0.1, 0.15) is 38.3 Å². The maximum absolute atomic E-state index is 13.3. The van der Waals surface area contributed by atoms with E-state index in [1.54, 1.807) is 12.1 Å².